The Bertz CT molecular complexity index is 483. The average molecular weight is 356 g/mol. The van der Waals surface area contributed by atoms with E-state index in [1.807, 2.05) is 11.8 Å². The van der Waals surface area contributed by atoms with E-state index < -0.39 is 0 Å². The van der Waals surface area contributed by atoms with Crippen LogP contribution >= 0.6 is 15.9 Å². The average Bonchev–Trinajstić information content (AvgIpc) is 2.42. The van der Waals surface area contributed by atoms with Gasteiger partial charge in [-0.3, -0.25) is 4.79 Å². The van der Waals surface area contributed by atoms with Crippen LogP contribution in [-0.2, 0) is 11.3 Å². The van der Waals surface area contributed by atoms with Gasteiger partial charge in [0.2, 0.25) is 5.91 Å². The number of nitrogens with one attached hydrogen (secondary N) is 2. The second-order valence-corrected chi connectivity index (χ2v) is 6.93. The third-order valence-corrected chi connectivity index (χ3v) is 3.81. The van der Waals surface area contributed by atoms with E-state index in [4.69, 9.17) is 0 Å². The van der Waals surface area contributed by atoms with E-state index in [9.17, 15) is 4.79 Å². The van der Waals surface area contributed by atoms with Crippen LogP contribution < -0.4 is 15.5 Å². The topological polar surface area (TPSA) is 44.4 Å². The maximum Gasteiger partial charge on any atom is 0.239 e. The van der Waals surface area contributed by atoms with E-state index in [0.29, 0.717) is 6.54 Å². The van der Waals surface area contributed by atoms with Crippen LogP contribution in [0.5, 0.6) is 0 Å². The molecule has 0 saturated carbocycles. The maximum absolute atomic E-state index is 11.6. The van der Waals surface area contributed by atoms with Crippen molar-refractivity contribution in [3.63, 3.8) is 0 Å². The van der Waals surface area contributed by atoms with Crippen molar-refractivity contribution < 1.29 is 4.79 Å². The van der Waals surface area contributed by atoms with E-state index in [0.717, 1.165) is 23.2 Å². The molecule has 0 atom stereocenters. The third-order valence-electron chi connectivity index (χ3n) is 3.17. The normalized spacial score (nSPS) is 11.3. The van der Waals surface area contributed by atoms with Gasteiger partial charge >= 0.3 is 0 Å². The van der Waals surface area contributed by atoms with Gasteiger partial charge in [0.05, 0.1) is 12.2 Å². The molecule has 1 aromatic carbocycles. The third kappa shape index (κ3) is 6.06. The van der Waals surface area contributed by atoms with Crippen molar-refractivity contribution >= 4 is 27.5 Å². The molecule has 0 saturated heterocycles. The van der Waals surface area contributed by atoms with Gasteiger partial charge in [-0.2, -0.15) is 0 Å². The van der Waals surface area contributed by atoms with Gasteiger partial charge in [-0.05, 0) is 61.3 Å². The lowest BCUT2D eigenvalue weighted by Crippen LogP contribution is -2.36. The zero-order valence-corrected chi connectivity index (χ0v) is 15.2. The minimum Gasteiger partial charge on any atom is -0.362 e. The Hall–Kier alpha value is -1.07. The minimum atomic E-state index is 0.0159. The van der Waals surface area contributed by atoms with Crippen LogP contribution in [-0.4, -0.2) is 31.6 Å². The Kier molecular flexibility index (Phi) is 6.68. The molecule has 118 valence electrons. The SMILES string of the molecule is CCN(CC(=O)NC)c1ccc(CNC(C)(C)C)cc1Br. The number of amides is 1. The molecule has 0 unspecified atom stereocenters. The zero-order chi connectivity index (χ0) is 16.0. The van der Waals surface area contributed by atoms with Crippen molar-refractivity contribution in [2.75, 3.05) is 25.0 Å². The molecule has 1 aromatic rings. The smallest absolute Gasteiger partial charge is 0.239 e. The molecule has 0 aliphatic carbocycles. The monoisotopic (exact) mass is 355 g/mol. The lowest BCUT2D eigenvalue weighted by Gasteiger charge is -2.24. The summed E-state index contributed by atoms with van der Waals surface area (Å²) in [6, 6.07) is 6.28. The highest BCUT2D eigenvalue weighted by molar-refractivity contribution is 9.10. The summed E-state index contributed by atoms with van der Waals surface area (Å²) in [6.07, 6.45) is 0. The summed E-state index contributed by atoms with van der Waals surface area (Å²) in [7, 11) is 1.66. The van der Waals surface area contributed by atoms with Crippen LogP contribution in [0.15, 0.2) is 22.7 Å². The number of anilines is 1. The molecule has 0 aliphatic rings. The molecule has 21 heavy (non-hydrogen) atoms. The minimum absolute atomic E-state index is 0.0159. The zero-order valence-electron chi connectivity index (χ0n) is 13.6. The Balaban J connectivity index is 2.83. The number of nitrogens with zero attached hydrogens (tertiary/aromatic N) is 1. The van der Waals surface area contributed by atoms with Gasteiger partial charge in [-0.1, -0.05) is 6.07 Å². The van der Waals surface area contributed by atoms with Gasteiger partial charge in [-0.25, -0.2) is 0 Å². The Labute approximate surface area is 136 Å². The van der Waals surface area contributed by atoms with Gasteiger partial charge in [0.25, 0.3) is 0 Å². The second-order valence-electron chi connectivity index (χ2n) is 6.08. The van der Waals surface area contributed by atoms with Crippen molar-refractivity contribution in [2.45, 2.75) is 39.8 Å². The predicted molar refractivity (Wildman–Crippen MR) is 92.7 cm³/mol. The molecule has 5 heteroatoms. The van der Waals surface area contributed by atoms with E-state index in [1.54, 1.807) is 7.05 Å². The summed E-state index contributed by atoms with van der Waals surface area (Å²) in [6.45, 7) is 10.5. The van der Waals surface area contributed by atoms with E-state index >= 15 is 0 Å². The van der Waals surface area contributed by atoms with Crippen LogP contribution in [0.25, 0.3) is 0 Å². The molecule has 0 aliphatic heterocycles. The number of carbonyl (C=O) groups is 1. The Morgan fingerprint density at radius 2 is 2.00 bits per heavy atom. The molecular formula is C16H26BrN3O. The number of rotatable bonds is 6. The van der Waals surface area contributed by atoms with Crippen LogP contribution in [0.2, 0.25) is 0 Å². The van der Waals surface area contributed by atoms with Gasteiger partial charge in [0.1, 0.15) is 0 Å². The summed E-state index contributed by atoms with van der Waals surface area (Å²) in [5.74, 6) is 0.0159. The van der Waals surface area contributed by atoms with Gasteiger partial charge < -0.3 is 15.5 Å². The molecule has 0 aromatic heterocycles. The fourth-order valence-electron chi connectivity index (χ4n) is 1.90. The molecule has 1 amide bonds. The molecule has 0 radical (unpaired) electrons. The largest absolute Gasteiger partial charge is 0.362 e. The number of likely N-dealkylation sites (N-methyl/N-ethyl adjacent to an activating group) is 2. The summed E-state index contributed by atoms with van der Waals surface area (Å²) in [4.78, 5) is 13.6. The van der Waals surface area contributed by atoms with E-state index in [-0.39, 0.29) is 11.4 Å². The molecule has 4 nitrogen and oxygen atoms in total. The summed E-state index contributed by atoms with van der Waals surface area (Å²) in [5.41, 5.74) is 2.36. The highest BCUT2D eigenvalue weighted by Crippen LogP contribution is 2.27. The van der Waals surface area contributed by atoms with Gasteiger partial charge in [0, 0.05) is 30.1 Å². The fourth-order valence-corrected chi connectivity index (χ4v) is 2.58. The van der Waals surface area contributed by atoms with E-state index in [1.165, 1.54) is 5.56 Å². The lowest BCUT2D eigenvalue weighted by atomic mass is 10.1. The molecule has 0 spiro atoms. The molecule has 0 heterocycles. The van der Waals surface area contributed by atoms with Crippen molar-refractivity contribution in [1.29, 1.82) is 0 Å². The molecule has 0 bridgehead atoms. The van der Waals surface area contributed by atoms with Gasteiger partial charge in [-0.15, -0.1) is 0 Å². The van der Waals surface area contributed by atoms with Crippen molar-refractivity contribution in [2.24, 2.45) is 0 Å². The van der Waals surface area contributed by atoms with Crippen molar-refractivity contribution in [3.05, 3.63) is 28.2 Å². The first kappa shape index (κ1) is 18.0. The van der Waals surface area contributed by atoms with Crippen molar-refractivity contribution in [3.8, 4) is 0 Å². The lowest BCUT2D eigenvalue weighted by molar-refractivity contribution is -0.119. The molecule has 1 rings (SSSR count). The number of hydrogen-bond acceptors (Lipinski definition) is 3. The number of benzene rings is 1. The first-order valence-electron chi connectivity index (χ1n) is 7.25. The highest BCUT2D eigenvalue weighted by atomic mass is 79.9. The van der Waals surface area contributed by atoms with Crippen LogP contribution in [0.1, 0.15) is 33.3 Å². The van der Waals surface area contributed by atoms with Gasteiger partial charge in [0.15, 0.2) is 0 Å². The quantitative estimate of drug-likeness (QED) is 0.824. The predicted octanol–water partition coefficient (Wildman–Crippen LogP) is 2.91. The first-order chi connectivity index (χ1) is 9.76. The molecule has 0 fully saturated rings. The van der Waals surface area contributed by atoms with Crippen molar-refractivity contribution in [1.82, 2.24) is 10.6 Å². The highest BCUT2D eigenvalue weighted by Gasteiger charge is 2.13. The second kappa shape index (κ2) is 7.80. The molecular weight excluding hydrogens is 330 g/mol. The molecule has 2 N–H and O–H groups in total. The number of carbonyl (C=O) groups excluding carboxylic acids is 1. The van der Waals surface area contributed by atoms with Crippen LogP contribution in [0.3, 0.4) is 0 Å². The Morgan fingerprint density at radius 1 is 1.33 bits per heavy atom. The number of hydrogen-bond donors (Lipinski definition) is 2. The first-order valence-corrected chi connectivity index (χ1v) is 8.05. The van der Waals surface area contributed by atoms with E-state index in [2.05, 4.69) is 65.5 Å². The fraction of sp³-hybridized carbons (Fsp3) is 0.562. The maximum atomic E-state index is 11.6. The standard InChI is InChI=1S/C16H26BrN3O/c1-6-20(11-15(21)18-5)14-8-7-12(9-13(14)17)10-19-16(2,3)4/h7-9,19H,6,10-11H2,1-5H3,(H,18,21). The van der Waals surface area contributed by atoms with Crippen LogP contribution in [0, 0.1) is 0 Å². The number of halogens is 1. The Morgan fingerprint density at radius 3 is 2.48 bits per heavy atom. The van der Waals surface area contributed by atoms with Crippen LogP contribution in [0.4, 0.5) is 5.69 Å². The summed E-state index contributed by atoms with van der Waals surface area (Å²) < 4.78 is 1.02. The summed E-state index contributed by atoms with van der Waals surface area (Å²) >= 11 is 3.62. The summed E-state index contributed by atoms with van der Waals surface area (Å²) in [5, 5.41) is 6.13.